The minimum atomic E-state index is -0.413. The van der Waals surface area contributed by atoms with Crippen molar-refractivity contribution < 1.29 is 24.2 Å². The van der Waals surface area contributed by atoms with E-state index in [9.17, 15) is 14.7 Å². The molecule has 2 bridgehead atoms. The first-order chi connectivity index (χ1) is 22.7. The lowest BCUT2D eigenvalue weighted by Crippen LogP contribution is -2.69. The van der Waals surface area contributed by atoms with Gasteiger partial charge in [0.05, 0.1) is 6.04 Å². The van der Waals surface area contributed by atoms with E-state index >= 15 is 0 Å². The van der Waals surface area contributed by atoms with Crippen molar-refractivity contribution in [3.8, 4) is 29.1 Å². The molecular formula is C40H44N2O5. The van der Waals surface area contributed by atoms with Crippen LogP contribution in [0.3, 0.4) is 0 Å². The second-order valence-electron chi connectivity index (χ2n) is 14.3. The molecule has 0 aromatic heterocycles. The molecule has 0 unspecified atom stereocenters. The number of esters is 1. The number of aryl methyl sites for hydroxylation is 1. The Hall–Kier alpha value is -4.28. The van der Waals surface area contributed by atoms with Crippen LogP contribution >= 0.6 is 0 Å². The van der Waals surface area contributed by atoms with Gasteiger partial charge in [0.1, 0.15) is 11.9 Å². The van der Waals surface area contributed by atoms with Gasteiger partial charge in [0.25, 0.3) is 5.91 Å². The second kappa shape index (κ2) is 12.4. The van der Waals surface area contributed by atoms with Gasteiger partial charge in [-0.25, -0.2) is 0 Å². The van der Waals surface area contributed by atoms with Gasteiger partial charge < -0.3 is 19.5 Å². The Morgan fingerprint density at radius 3 is 2.68 bits per heavy atom. The number of likely N-dealkylation sites (tertiary alicyclic amines) is 1. The summed E-state index contributed by atoms with van der Waals surface area (Å²) in [7, 11) is 0. The smallest absolute Gasteiger partial charge is 0.308 e. The predicted octanol–water partition coefficient (Wildman–Crippen LogP) is 5.81. The van der Waals surface area contributed by atoms with Crippen LogP contribution in [0.4, 0.5) is 0 Å². The molecule has 1 N–H and O–H groups in total. The van der Waals surface area contributed by atoms with Crippen LogP contribution < -0.4 is 9.47 Å². The van der Waals surface area contributed by atoms with Crippen LogP contribution in [0, 0.1) is 30.6 Å². The molecule has 3 aromatic rings. The summed E-state index contributed by atoms with van der Waals surface area (Å²) in [6, 6.07) is 20.1. The lowest BCUT2D eigenvalue weighted by atomic mass is 9.50. The molecule has 5 atom stereocenters. The third kappa shape index (κ3) is 5.57. The molecule has 7 nitrogen and oxygen atoms in total. The lowest BCUT2D eigenvalue weighted by Gasteiger charge is -2.60. The van der Waals surface area contributed by atoms with Crippen LogP contribution in [0.5, 0.6) is 17.2 Å². The third-order valence-electron chi connectivity index (χ3n) is 10.8. The molecule has 1 amide bonds. The fourth-order valence-corrected chi connectivity index (χ4v) is 9.09. The van der Waals surface area contributed by atoms with Gasteiger partial charge >= 0.3 is 5.97 Å². The Bertz CT molecular complexity index is 1760. The van der Waals surface area contributed by atoms with E-state index in [4.69, 9.17) is 9.47 Å². The summed E-state index contributed by atoms with van der Waals surface area (Å²) in [6.07, 6.45) is 3.92. The van der Waals surface area contributed by atoms with Crippen LogP contribution in [0.25, 0.3) is 0 Å². The van der Waals surface area contributed by atoms with Crippen molar-refractivity contribution in [1.29, 1.82) is 0 Å². The predicted molar refractivity (Wildman–Crippen MR) is 180 cm³/mol. The fourth-order valence-electron chi connectivity index (χ4n) is 9.09. The molecule has 2 heterocycles. The molecule has 1 spiro atoms. The number of phenolic OH excluding ortho intramolecular Hbond substituents is 1. The SMILES string of the molecule is CC(=O)Oc1cc(O)c2c3c1C[C@@H]1[C@@H]4CC[C@@H](N(CC(C)C)C(=O)C#Cc5cccc(C)c5)[C@H](O2)[C@]34CCN1CCc1ccccc1. The van der Waals surface area contributed by atoms with E-state index in [1.165, 1.54) is 12.5 Å². The van der Waals surface area contributed by atoms with Crippen molar-refractivity contribution in [3.05, 3.63) is 88.5 Å². The van der Waals surface area contributed by atoms with Crippen LogP contribution in [-0.2, 0) is 27.8 Å². The highest BCUT2D eigenvalue weighted by Crippen LogP contribution is 2.65. The number of aromatic hydroxyl groups is 1. The number of carbonyl (C=O) groups excluding carboxylic acids is 2. The Balaban J connectivity index is 1.28. The van der Waals surface area contributed by atoms with Crippen LogP contribution in [-0.4, -0.2) is 64.6 Å². The first-order valence-electron chi connectivity index (χ1n) is 17.1. The number of hydrogen-bond donors (Lipinski definition) is 1. The number of rotatable bonds is 7. The maximum atomic E-state index is 14.0. The Morgan fingerprint density at radius 1 is 1.13 bits per heavy atom. The van der Waals surface area contributed by atoms with E-state index in [0.717, 1.165) is 67.4 Å². The Morgan fingerprint density at radius 2 is 1.94 bits per heavy atom. The summed E-state index contributed by atoms with van der Waals surface area (Å²) in [5.74, 6) is 6.90. The third-order valence-corrected chi connectivity index (χ3v) is 10.8. The number of benzene rings is 3. The molecule has 3 aromatic carbocycles. The van der Waals surface area contributed by atoms with E-state index < -0.39 is 11.4 Å². The molecule has 2 fully saturated rings. The fraction of sp³-hybridized carbons (Fsp3) is 0.450. The molecule has 244 valence electrons. The first-order valence-corrected chi connectivity index (χ1v) is 17.1. The largest absolute Gasteiger partial charge is 0.504 e. The minimum absolute atomic E-state index is 0.00722. The number of carbonyl (C=O) groups is 2. The van der Waals surface area contributed by atoms with E-state index in [2.05, 4.69) is 60.9 Å². The summed E-state index contributed by atoms with van der Waals surface area (Å²) in [5.41, 5.74) is 4.78. The molecule has 2 aliphatic carbocycles. The maximum absolute atomic E-state index is 14.0. The topological polar surface area (TPSA) is 79.3 Å². The zero-order chi connectivity index (χ0) is 32.9. The number of piperidine rings is 1. The number of hydrogen-bond acceptors (Lipinski definition) is 6. The summed E-state index contributed by atoms with van der Waals surface area (Å²) in [5, 5.41) is 11.3. The maximum Gasteiger partial charge on any atom is 0.308 e. The van der Waals surface area contributed by atoms with Crippen molar-refractivity contribution in [3.63, 3.8) is 0 Å². The quantitative estimate of drug-likeness (QED) is 0.201. The van der Waals surface area contributed by atoms with Crippen molar-refractivity contribution in [2.45, 2.75) is 83.4 Å². The van der Waals surface area contributed by atoms with E-state index in [-0.39, 0.29) is 41.7 Å². The molecule has 4 aliphatic rings. The lowest BCUT2D eigenvalue weighted by molar-refractivity contribution is -0.138. The van der Waals surface area contributed by atoms with Crippen molar-refractivity contribution in [2.24, 2.45) is 11.8 Å². The highest BCUT2D eigenvalue weighted by atomic mass is 16.5. The summed E-state index contributed by atoms with van der Waals surface area (Å²) in [6.45, 7) is 10.1. The van der Waals surface area contributed by atoms with E-state index in [1.54, 1.807) is 6.07 Å². The molecular weight excluding hydrogens is 588 g/mol. The highest BCUT2D eigenvalue weighted by Gasteiger charge is 2.67. The van der Waals surface area contributed by atoms with Crippen molar-refractivity contribution in [2.75, 3.05) is 19.6 Å². The van der Waals surface area contributed by atoms with Crippen LogP contribution in [0.15, 0.2) is 60.7 Å². The van der Waals surface area contributed by atoms with Gasteiger partial charge in [0, 0.05) is 60.1 Å². The van der Waals surface area contributed by atoms with Gasteiger partial charge in [-0.15, -0.1) is 0 Å². The van der Waals surface area contributed by atoms with Gasteiger partial charge in [0.15, 0.2) is 11.5 Å². The summed E-state index contributed by atoms with van der Waals surface area (Å²) in [4.78, 5) is 30.9. The molecule has 1 saturated carbocycles. The van der Waals surface area contributed by atoms with Gasteiger partial charge in [-0.2, -0.15) is 0 Å². The average Bonchev–Trinajstić information content (AvgIpc) is 3.39. The van der Waals surface area contributed by atoms with Crippen molar-refractivity contribution in [1.82, 2.24) is 9.80 Å². The second-order valence-corrected chi connectivity index (χ2v) is 14.3. The Labute approximate surface area is 277 Å². The zero-order valence-electron chi connectivity index (χ0n) is 27.8. The summed E-state index contributed by atoms with van der Waals surface area (Å²) < 4.78 is 12.7. The monoisotopic (exact) mass is 632 g/mol. The van der Waals surface area contributed by atoms with Gasteiger partial charge in [0.2, 0.25) is 0 Å². The number of phenols is 1. The number of amides is 1. The minimum Gasteiger partial charge on any atom is -0.504 e. The first kappa shape index (κ1) is 31.3. The average molecular weight is 633 g/mol. The van der Waals surface area contributed by atoms with Crippen molar-refractivity contribution >= 4 is 11.9 Å². The van der Waals surface area contributed by atoms with Gasteiger partial charge in [-0.05, 0) is 80.7 Å². The molecule has 7 heteroatoms. The normalized spacial score (nSPS) is 25.3. The van der Waals surface area contributed by atoms with E-state index in [1.807, 2.05) is 36.1 Å². The zero-order valence-corrected chi connectivity index (χ0v) is 27.8. The van der Waals surface area contributed by atoms with Crippen LogP contribution in [0.1, 0.15) is 67.9 Å². The Kier molecular flexibility index (Phi) is 8.26. The molecule has 0 radical (unpaired) electrons. The number of ether oxygens (including phenoxy) is 2. The van der Waals surface area contributed by atoms with Gasteiger partial charge in [-0.3, -0.25) is 14.5 Å². The molecule has 2 aliphatic heterocycles. The molecule has 7 rings (SSSR count). The number of nitrogens with zero attached hydrogens (tertiary/aromatic N) is 2. The standard InChI is InChI=1S/C40H44N2O5/c1-25(2)24-42(36(45)16-13-29-12-8-9-26(3)21-29)32-15-14-31-33-22-30-35(46-27(4)43)23-34(44)38-37(30)40(31,39(32)47-38)18-20-41(33)19-17-28-10-6-5-7-11-28/h5-12,21,23,25,31-33,39,44H,14-15,17-20,22,24H2,1-4H3/t31-,32+,33+,39-,40-/m0/s1. The highest BCUT2D eigenvalue weighted by molar-refractivity contribution is 5.94. The van der Waals surface area contributed by atoms with Crippen LogP contribution in [0.2, 0.25) is 0 Å². The van der Waals surface area contributed by atoms with E-state index in [0.29, 0.717) is 18.0 Å². The van der Waals surface area contributed by atoms with Gasteiger partial charge in [-0.1, -0.05) is 62.2 Å². The summed E-state index contributed by atoms with van der Waals surface area (Å²) >= 11 is 0. The molecule has 1 saturated heterocycles. The molecule has 47 heavy (non-hydrogen) atoms.